The lowest BCUT2D eigenvalue weighted by Crippen LogP contribution is -2.37. The van der Waals surface area contributed by atoms with Gasteiger partial charge in [0, 0.05) is 86.8 Å². The Morgan fingerprint density at radius 2 is 0.783 bits per heavy atom. The molecule has 0 aliphatic rings. The van der Waals surface area contributed by atoms with Crippen molar-refractivity contribution in [2.45, 2.75) is 53.9 Å². The molecule has 0 aliphatic heterocycles. The van der Waals surface area contributed by atoms with Crippen LogP contribution in [-0.2, 0) is 44.8 Å². The van der Waals surface area contributed by atoms with Crippen molar-refractivity contribution in [3.05, 3.63) is 271 Å². The predicted octanol–water partition coefficient (Wildman–Crippen LogP) is 12.0. The maximum absolute atomic E-state index is 13.4. The van der Waals surface area contributed by atoms with Gasteiger partial charge in [-0.3, -0.25) is 33.1 Å². The number of carbonyl (C=O) groups excluding carboxylic acids is 6. The van der Waals surface area contributed by atoms with Gasteiger partial charge < -0.3 is 96.0 Å². The number of quaternary nitrogens is 2. The normalized spacial score (nSPS) is 12.1. The van der Waals surface area contributed by atoms with Crippen LogP contribution in [0.1, 0.15) is 141 Å². The predicted molar refractivity (Wildman–Crippen MR) is 442 cm³/mol. The molecule has 0 spiro atoms. The van der Waals surface area contributed by atoms with Crippen LogP contribution >= 0.6 is 15.6 Å². The van der Waals surface area contributed by atoms with E-state index in [0.29, 0.717) is 73.6 Å². The van der Waals surface area contributed by atoms with Crippen molar-refractivity contribution in [3.8, 4) is 0 Å². The molecule has 0 aromatic heterocycles. The number of Topliss-reactive ketones (excluding diaryl/α,β-unsaturated/α-hetero) is 2. The van der Waals surface area contributed by atoms with Crippen LogP contribution in [0, 0.1) is 27.7 Å². The summed E-state index contributed by atoms with van der Waals surface area (Å²) in [6.07, 6.45) is 1.41. The third kappa shape index (κ3) is 32.0. The summed E-state index contributed by atoms with van der Waals surface area (Å²) >= 11 is 0. The summed E-state index contributed by atoms with van der Waals surface area (Å²) < 4.78 is 49.0. The number of likely N-dealkylation sites (N-methyl/N-ethyl adjacent to an activating group) is 2. The lowest BCUT2D eigenvalue weighted by atomic mass is 10.00. The van der Waals surface area contributed by atoms with Crippen LogP contribution in [0.4, 0.5) is 45.5 Å². The number of benzene rings is 9. The highest BCUT2D eigenvalue weighted by Gasteiger charge is 2.21. The largest absolute Gasteiger partial charge is 0.756 e. The monoisotopic (exact) mass is 1610 g/mol. The Balaban J connectivity index is 0.000000315. The highest BCUT2D eigenvalue weighted by molar-refractivity contribution is 7.46. The van der Waals surface area contributed by atoms with Crippen molar-refractivity contribution >= 4 is 108 Å². The molecule has 9 aromatic carbocycles. The van der Waals surface area contributed by atoms with E-state index >= 15 is 0 Å². The van der Waals surface area contributed by atoms with E-state index in [1.165, 1.54) is 72.6 Å². The molecule has 31 heteroatoms. The van der Waals surface area contributed by atoms with Crippen LogP contribution in [0.2, 0.25) is 0 Å². The van der Waals surface area contributed by atoms with Crippen molar-refractivity contribution in [3.63, 3.8) is 0 Å². The van der Waals surface area contributed by atoms with E-state index in [4.69, 9.17) is 51.5 Å². The number of carboxylic acids is 2. The van der Waals surface area contributed by atoms with Crippen molar-refractivity contribution in [1.29, 1.82) is 0 Å². The van der Waals surface area contributed by atoms with E-state index in [1.54, 1.807) is 55.6 Å². The Morgan fingerprint density at radius 1 is 0.409 bits per heavy atom. The Labute approximate surface area is 668 Å². The van der Waals surface area contributed by atoms with Crippen LogP contribution in [0.3, 0.4) is 0 Å². The molecule has 9 aromatic rings. The van der Waals surface area contributed by atoms with Gasteiger partial charge in [-0.2, -0.15) is 0 Å². The molecule has 115 heavy (non-hydrogen) atoms. The van der Waals surface area contributed by atoms with Crippen LogP contribution in [0.25, 0.3) is 0 Å². The maximum atomic E-state index is 13.4. The number of carbonyl (C=O) groups is 8. The molecular formula is C84H100N10O19P2. The zero-order valence-corrected chi connectivity index (χ0v) is 68.1. The van der Waals surface area contributed by atoms with E-state index in [2.05, 4.69) is 50.1 Å². The first-order chi connectivity index (χ1) is 53.9. The van der Waals surface area contributed by atoms with Crippen molar-refractivity contribution in [2.75, 3.05) is 140 Å². The minimum atomic E-state index is -4.58. The number of hydrogen-bond donors (Lipinski definition) is 10. The quantitative estimate of drug-likeness (QED) is 0.00467. The molecule has 0 heterocycles. The Hall–Kier alpha value is -11.7. The van der Waals surface area contributed by atoms with E-state index in [1.807, 2.05) is 119 Å². The number of amides is 3. The molecule has 610 valence electrons. The SMILES string of the molecule is CNc1cc(NC(=O)c2cccc(C(=O)Nc3ccc(Cc4ccc(NC(=O)c5cccc(C(C)=O)c5)c(C)c4)cc3C)c2)cc(C(=O)OCCOP(=O)([O-])OCC[N+](C)(C)C)c1.C[N+](C)(C)CCOP(=O)([O-])OCCC(=O)c1cc(N)cc(N)c1.Cc1cc(Cc2ccc(N)c(C)c2)ccc1N.O=C(O)c1cccc(C(=O)O)c1. The minimum Gasteiger partial charge on any atom is -0.756 e. The highest BCUT2D eigenvalue weighted by Crippen LogP contribution is 2.39. The average molecular weight is 1620 g/mol. The third-order valence-electron chi connectivity index (χ3n) is 17.0. The Morgan fingerprint density at radius 3 is 1.19 bits per heavy atom. The summed E-state index contributed by atoms with van der Waals surface area (Å²) in [6.45, 7) is 9.14. The smallest absolute Gasteiger partial charge is 0.338 e. The van der Waals surface area contributed by atoms with Crippen molar-refractivity contribution in [1.82, 2.24) is 0 Å². The van der Waals surface area contributed by atoms with Crippen LogP contribution < -0.4 is 54.0 Å². The highest BCUT2D eigenvalue weighted by atomic mass is 31.2. The number of carboxylic acid groups (broad SMARTS) is 2. The van der Waals surface area contributed by atoms with Gasteiger partial charge in [0.1, 0.15) is 32.9 Å². The van der Waals surface area contributed by atoms with Gasteiger partial charge in [0.25, 0.3) is 33.4 Å². The minimum absolute atomic E-state index is 0.0178. The number of hydrogen-bond acceptors (Lipinski definition) is 22. The molecule has 0 radical (unpaired) electrons. The standard InChI is InChI=1S/C47H52N5O10P.C15H18N2.C14H24N3O5P.C8H6O4/c1-30-22-33(14-16-42(30)50-45(55)36-11-8-10-35(25-36)32(3)53)24-34-15-17-43(31(2)23-34)51-46(56)38-13-9-12-37(26-38)44(54)49-41-28-39(27-40(29-41)48-4)47(57)60-20-21-62-63(58,59)61-19-18-52(5,6)7;1-10-7-12(3-5-14(10)16)9-13-4-6-15(17)11(2)8-13;1-17(2,3)5-7-22-23(19,20)21-6-4-14(18)11-8-12(15)10-13(16)9-11;9-7(10)5-2-1-3-6(4-5)8(11)12/h8-17,22-23,25-29,48H,18-21,24H2,1-7H3,(H3-,49,50,51,54,55,56,58,59);3-8H,9,16-17H2,1-2H3;8-10H,4-7,15-16H2,1-3H3;1-4H,(H,9,10)(H,11,12). The number of esters is 1. The zero-order valence-electron chi connectivity index (χ0n) is 66.3. The fourth-order valence-electron chi connectivity index (χ4n) is 10.7. The number of rotatable bonds is 32. The molecule has 0 bridgehead atoms. The van der Waals surface area contributed by atoms with Crippen molar-refractivity contribution < 1.29 is 99.3 Å². The molecule has 2 atom stereocenters. The molecule has 0 aliphatic carbocycles. The van der Waals surface area contributed by atoms with Crippen molar-refractivity contribution in [2.24, 2.45) is 0 Å². The lowest BCUT2D eigenvalue weighted by Gasteiger charge is -2.27. The van der Waals surface area contributed by atoms with Gasteiger partial charge in [0.15, 0.2) is 11.6 Å². The van der Waals surface area contributed by atoms with Crippen LogP contribution in [0.15, 0.2) is 182 Å². The van der Waals surface area contributed by atoms with E-state index in [9.17, 15) is 57.3 Å². The molecule has 2 unspecified atom stereocenters. The first-order valence-corrected chi connectivity index (χ1v) is 39.0. The van der Waals surface area contributed by atoms with Gasteiger partial charge in [-0.1, -0.05) is 72.8 Å². The fraction of sp³-hybridized carbons (Fsp3) is 0.262. The summed E-state index contributed by atoms with van der Waals surface area (Å²) in [7, 11) is 4.05. The molecule has 9 rings (SSSR count). The van der Waals surface area contributed by atoms with Gasteiger partial charge in [-0.25, -0.2) is 14.4 Å². The second kappa shape index (κ2) is 42.4. The molecule has 0 saturated heterocycles. The van der Waals surface area contributed by atoms with Crippen LogP contribution in [0.5, 0.6) is 0 Å². The summed E-state index contributed by atoms with van der Waals surface area (Å²) in [6, 6.07) is 50.9. The molecule has 29 nitrogen and oxygen atoms in total. The number of aryl methyl sites for hydroxylation is 4. The summed E-state index contributed by atoms with van der Waals surface area (Å²) in [4.78, 5) is 121. The van der Waals surface area contributed by atoms with Gasteiger partial charge in [0.2, 0.25) is 0 Å². The first kappa shape index (κ1) is 92.2. The number of ether oxygens (including phenoxy) is 1. The summed E-state index contributed by atoms with van der Waals surface area (Å²) in [5, 5.41) is 28.5. The maximum Gasteiger partial charge on any atom is 0.338 e. The number of aromatic carboxylic acids is 2. The third-order valence-corrected chi connectivity index (χ3v) is 19.0. The van der Waals surface area contributed by atoms with Gasteiger partial charge in [-0.05, 0) is 201 Å². The number of ketones is 2. The number of phosphoric acid groups is 2. The van der Waals surface area contributed by atoms with Gasteiger partial charge in [0.05, 0.1) is 72.2 Å². The Bertz CT molecular complexity index is 5000. The average Bonchev–Trinajstić information content (AvgIpc) is 0.821. The number of phosphoric ester groups is 2. The van der Waals surface area contributed by atoms with Gasteiger partial charge in [-0.15, -0.1) is 0 Å². The second-order valence-corrected chi connectivity index (χ2v) is 31.6. The number of anilines is 8. The summed E-state index contributed by atoms with van der Waals surface area (Å²) in [5.74, 6) is -4.71. The van der Waals surface area contributed by atoms with E-state index in [-0.39, 0.29) is 83.8 Å². The molecule has 0 fully saturated rings. The topological polar surface area (TPSA) is 456 Å². The number of nitrogens with two attached hydrogens (primary N) is 4. The lowest BCUT2D eigenvalue weighted by molar-refractivity contribution is -0.870. The first-order valence-electron chi connectivity index (χ1n) is 36.1. The molecular weight excluding hydrogens is 1510 g/mol. The van der Waals surface area contributed by atoms with E-state index < -0.39 is 52.0 Å². The zero-order chi connectivity index (χ0) is 85.1. The van der Waals surface area contributed by atoms with Crippen LogP contribution in [-0.4, -0.2) is 162 Å². The molecule has 0 saturated carbocycles. The number of nitrogens with zero attached hydrogens (tertiary/aromatic N) is 2. The number of nitrogen functional groups attached to an aromatic ring is 4. The molecule has 14 N–H and O–H groups in total. The molecule has 3 amide bonds. The van der Waals surface area contributed by atoms with Gasteiger partial charge >= 0.3 is 17.9 Å². The Kier molecular flexibility index (Phi) is 34.0. The second-order valence-electron chi connectivity index (χ2n) is 28.8. The number of nitrogens with one attached hydrogen (secondary N) is 4. The fourth-order valence-corrected chi connectivity index (χ4v) is 12.0. The van der Waals surface area contributed by atoms with E-state index in [0.717, 1.165) is 57.2 Å². The summed E-state index contributed by atoms with van der Waals surface area (Å²) in [5.41, 5.74) is 37.5.